The molecule has 1 aromatic heterocycles. The minimum atomic E-state index is -3.22. The van der Waals surface area contributed by atoms with Crippen LogP contribution in [0.25, 0.3) is 11.0 Å². The van der Waals surface area contributed by atoms with E-state index < -0.39 is 27.8 Å². The number of rotatable bonds is 2. The van der Waals surface area contributed by atoms with Crippen molar-refractivity contribution < 1.29 is 17.6 Å². The summed E-state index contributed by atoms with van der Waals surface area (Å²) in [6, 6.07) is 12.6. The Hall–Kier alpha value is -2.64. The Morgan fingerprint density at radius 2 is 1.83 bits per heavy atom. The molecule has 2 aromatic carbocycles. The van der Waals surface area contributed by atoms with Gasteiger partial charge in [0.2, 0.25) is 5.76 Å². The lowest BCUT2D eigenvalue weighted by atomic mass is 9.97. The Kier molecular flexibility index (Phi) is 4.08. The van der Waals surface area contributed by atoms with Gasteiger partial charge in [0.25, 0.3) is 5.91 Å². The number of hydrogen-bond donors (Lipinski definition) is 0. The number of sulfone groups is 1. The maximum absolute atomic E-state index is 13.4. The summed E-state index contributed by atoms with van der Waals surface area (Å²) in [5, 5.41) is 0.690. The van der Waals surface area contributed by atoms with E-state index in [0.29, 0.717) is 16.8 Å². The Bertz CT molecular complexity index is 1320. The zero-order chi connectivity index (χ0) is 20.3. The Morgan fingerprint density at radius 3 is 2.52 bits per heavy atom. The molecule has 2 aliphatic rings. The van der Waals surface area contributed by atoms with E-state index in [2.05, 4.69) is 0 Å². The van der Waals surface area contributed by atoms with Crippen LogP contribution in [-0.4, -0.2) is 36.8 Å². The van der Waals surface area contributed by atoms with Crippen molar-refractivity contribution in [1.29, 1.82) is 0 Å². The van der Waals surface area contributed by atoms with Crippen molar-refractivity contribution in [1.82, 2.24) is 4.90 Å². The van der Waals surface area contributed by atoms with Crippen molar-refractivity contribution in [3.63, 3.8) is 0 Å². The molecule has 8 heteroatoms. The molecule has 3 heterocycles. The minimum absolute atomic E-state index is 0.0250. The molecule has 3 aromatic rings. The molecular formula is C21H16ClNO5S. The number of nitrogens with zero attached hydrogens (tertiary/aromatic N) is 1. The lowest BCUT2D eigenvalue weighted by Gasteiger charge is -2.30. The second-order valence-corrected chi connectivity index (χ2v) is 10.1. The van der Waals surface area contributed by atoms with E-state index in [1.54, 1.807) is 12.1 Å². The summed E-state index contributed by atoms with van der Waals surface area (Å²) < 4.78 is 30.0. The summed E-state index contributed by atoms with van der Waals surface area (Å²) in [5.41, 5.74) is 0.923. The Balaban J connectivity index is 1.77. The third kappa shape index (κ3) is 2.88. The quantitative estimate of drug-likeness (QED) is 0.624. The van der Waals surface area contributed by atoms with Crippen LogP contribution in [0.5, 0.6) is 0 Å². The van der Waals surface area contributed by atoms with Crippen LogP contribution >= 0.6 is 11.6 Å². The van der Waals surface area contributed by atoms with Crippen LogP contribution in [0.1, 0.15) is 34.1 Å². The molecule has 5 rings (SSSR count). The number of carbonyl (C=O) groups is 1. The molecule has 1 fully saturated rings. The highest BCUT2D eigenvalue weighted by atomic mass is 35.5. The van der Waals surface area contributed by atoms with Gasteiger partial charge < -0.3 is 9.32 Å². The maximum Gasteiger partial charge on any atom is 0.291 e. The van der Waals surface area contributed by atoms with Crippen LogP contribution in [0, 0.1) is 0 Å². The Labute approximate surface area is 171 Å². The highest BCUT2D eigenvalue weighted by molar-refractivity contribution is 7.91. The van der Waals surface area contributed by atoms with Gasteiger partial charge in [-0.3, -0.25) is 9.59 Å². The average molecular weight is 430 g/mol. The topological polar surface area (TPSA) is 84.7 Å². The zero-order valence-corrected chi connectivity index (χ0v) is 16.7. The fraction of sp³-hybridized carbons (Fsp3) is 0.238. The number of benzene rings is 2. The molecule has 0 spiro atoms. The second-order valence-electron chi connectivity index (χ2n) is 7.40. The first-order valence-corrected chi connectivity index (χ1v) is 11.4. The number of amides is 1. The summed E-state index contributed by atoms with van der Waals surface area (Å²) >= 11 is 6.06. The van der Waals surface area contributed by atoms with Crippen LogP contribution in [0.2, 0.25) is 5.02 Å². The lowest BCUT2D eigenvalue weighted by Crippen LogP contribution is -2.40. The fourth-order valence-electron chi connectivity index (χ4n) is 4.30. The number of halogens is 1. The van der Waals surface area contributed by atoms with Crippen molar-refractivity contribution in [2.45, 2.75) is 18.5 Å². The summed E-state index contributed by atoms with van der Waals surface area (Å²) in [6.45, 7) is 0. The predicted molar refractivity (Wildman–Crippen MR) is 109 cm³/mol. The van der Waals surface area contributed by atoms with E-state index in [4.69, 9.17) is 16.0 Å². The van der Waals surface area contributed by atoms with Gasteiger partial charge in [-0.25, -0.2) is 8.42 Å². The lowest BCUT2D eigenvalue weighted by molar-refractivity contribution is 0.0662. The van der Waals surface area contributed by atoms with Gasteiger partial charge in [-0.2, -0.15) is 0 Å². The van der Waals surface area contributed by atoms with Gasteiger partial charge >= 0.3 is 0 Å². The molecule has 0 N–H and O–H groups in total. The van der Waals surface area contributed by atoms with Crippen molar-refractivity contribution in [3.05, 3.63) is 80.7 Å². The monoisotopic (exact) mass is 429 g/mol. The minimum Gasteiger partial charge on any atom is -0.450 e. The molecule has 0 radical (unpaired) electrons. The molecule has 2 unspecified atom stereocenters. The van der Waals surface area contributed by atoms with E-state index in [0.717, 1.165) is 5.56 Å². The molecule has 2 aliphatic heterocycles. The predicted octanol–water partition coefficient (Wildman–Crippen LogP) is 3.18. The zero-order valence-electron chi connectivity index (χ0n) is 15.2. The van der Waals surface area contributed by atoms with Gasteiger partial charge in [0.1, 0.15) is 5.58 Å². The maximum atomic E-state index is 13.4. The third-order valence-corrected chi connectivity index (χ3v) is 7.57. The highest BCUT2D eigenvalue weighted by Gasteiger charge is 2.48. The van der Waals surface area contributed by atoms with Gasteiger partial charge in [-0.1, -0.05) is 41.9 Å². The van der Waals surface area contributed by atoms with E-state index in [9.17, 15) is 18.0 Å². The molecule has 0 bridgehead atoms. The molecule has 1 saturated heterocycles. The summed E-state index contributed by atoms with van der Waals surface area (Å²) in [4.78, 5) is 28.2. The molecule has 148 valence electrons. The van der Waals surface area contributed by atoms with Crippen LogP contribution in [0.15, 0.2) is 57.7 Å². The van der Waals surface area contributed by atoms with E-state index >= 15 is 0 Å². The van der Waals surface area contributed by atoms with E-state index in [-0.39, 0.29) is 33.8 Å². The summed E-state index contributed by atoms with van der Waals surface area (Å²) in [7, 11) is -3.22. The first kappa shape index (κ1) is 18.4. The fourth-order valence-corrected chi connectivity index (χ4v) is 6.18. The number of carbonyl (C=O) groups excluding carboxylic acids is 1. The second kappa shape index (κ2) is 6.43. The van der Waals surface area contributed by atoms with Gasteiger partial charge in [0.15, 0.2) is 15.3 Å². The van der Waals surface area contributed by atoms with E-state index in [1.807, 2.05) is 30.3 Å². The smallest absolute Gasteiger partial charge is 0.291 e. The van der Waals surface area contributed by atoms with Gasteiger partial charge in [-0.15, -0.1) is 0 Å². The van der Waals surface area contributed by atoms with Crippen LogP contribution < -0.4 is 5.43 Å². The SMILES string of the molecule is O=C1c2oc3ccc(Cl)cc3c(=O)c2C(c2ccccc2)N1C1CCS(=O)(=O)C1. The number of hydrogen-bond acceptors (Lipinski definition) is 5. The highest BCUT2D eigenvalue weighted by Crippen LogP contribution is 2.41. The van der Waals surface area contributed by atoms with Crippen molar-refractivity contribution in [2.24, 2.45) is 0 Å². The van der Waals surface area contributed by atoms with Crippen molar-refractivity contribution in [2.75, 3.05) is 11.5 Å². The largest absolute Gasteiger partial charge is 0.450 e. The molecule has 0 saturated carbocycles. The third-order valence-electron chi connectivity index (χ3n) is 5.58. The number of fused-ring (bicyclic) bond motifs is 2. The molecule has 0 aliphatic carbocycles. The Morgan fingerprint density at radius 1 is 1.07 bits per heavy atom. The summed E-state index contributed by atoms with van der Waals surface area (Å²) in [5.74, 6) is -0.568. The molecule has 1 amide bonds. The van der Waals surface area contributed by atoms with Crippen molar-refractivity contribution >= 4 is 38.3 Å². The van der Waals surface area contributed by atoms with Crippen LogP contribution in [0.3, 0.4) is 0 Å². The van der Waals surface area contributed by atoms with Crippen LogP contribution in [-0.2, 0) is 9.84 Å². The van der Waals surface area contributed by atoms with Gasteiger partial charge in [0.05, 0.1) is 28.5 Å². The molecule has 6 nitrogen and oxygen atoms in total. The van der Waals surface area contributed by atoms with Crippen molar-refractivity contribution in [3.8, 4) is 0 Å². The van der Waals surface area contributed by atoms with Crippen LogP contribution in [0.4, 0.5) is 0 Å². The molecule has 2 atom stereocenters. The average Bonchev–Trinajstić information content (AvgIpc) is 3.20. The first-order chi connectivity index (χ1) is 13.9. The first-order valence-electron chi connectivity index (χ1n) is 9.20. The normalized spacial score (nSPS) is 22.9. The molecule has 29 heavy (non-hydrogen) atoms. The van der Waals surface area contributed by atoms with Gasteiger partial charge in [0, 0.05) is 11.1 Å². The standard InChI is InChI=1S/C21H16ClNO5S/c22-13-6-7-16-15(10-13)19(24)17-18(12-4-2-1-3-5-12)23(21(25)20(17)28-16)14-8-9-29(26,27)11-14/h1-7,10,14,18H,8-9,11H2. The summed E-state index contributed by atoms with van der Waals surface area (Å²) in [6.07, 6.45) is 0.338. The van der Waals surface area contributed by atoms with Gasteiger partial charge in [-0.05, 0) is 30.2 Å². The molecular weight excluding hydrogens is 414 g/mol. The van der Waals surface area contributed by atoms with E-state index in [1.165, 1.54) is 11.0 Å².